The van der Waals surface area contributed by atoms with Crippen molar-refractivity contribution in [2.75, 3.05) is 59.5 Å². The third kappa shape index (κ3) is 6.98. The maximum absolute atomic E-state index is 6.57. The molecule has 34 heavy (non-hydrogen) atoms. The Balaban J connectivity index is 8.04. The minimum Gasteiger partial charge on any atom is -0.373 e. The van der Waals surface area contributed by atoms with Gasteiger partial charge in [0.2, 0.25) is 0 Å². The predicted molar refractivity (Wildman–Crippen MR) is 139 cm³/mol. The number of hydrogen-bond acceptors (Lipinski definition) is 9. The van der Waals surface area contributed by atoms with Crippen LogP contribution in [0.1, 0.15) is 75.2 Å². The summed E-state index contributed by atoms with van der Waals surface area (Å²) in [6.45, 7) is 24.7. The average molecular weight is 544 g/mol. The van der Waals surface area contributed by atoms with Gasteiger partial charge in [0, 0.05) is 59.5 Å². The molecule has 0 spiro atoms. The first-order valence-corrected chi connectivity index (χ1v) is 18.1. The van der Waals surface area contributed by atoms with Gasteiger partial charge in [0.25, 0.3) is 0 Å². The van der Waals surface area contributed by atoms with Gasteiger partial charge in [-0.1, -0.05) is 13.3 Å². The van der Waals surface area contributed by atoms with Crippen molar-refractivity contribution in [2.45, 2.75) is 79.4 Å². The molecule has 0 aliphatic rings. The first kappa shape index (κ1) is 34.3. The maximum atomic E-state index is 6.57. The van der Waals surface area contributed by atoms with E-state index in [4.69, 9.17) is 39.8 Å². The second-order valence-electron chi connectivity index (χ2n) is 7.07. The maximum Gasteiger partial charge on any atom is 0.516 e. The molecule has 0 saturated heterocycles. The van der Waals surface area contributed by atoms with Crippen LogP contribution in [0.25, 0.3) is 0 Å². The van der Waals surface area contributed by atoms with Gasteiger partial charge in [-0.25, -0.2) is 0 Å². The van der Waals surface area contributed by atoms with Crippen molar-refractivity contribution in [3.63, 3.8) is 0 Å². The van der Waals surface area contributed by atoms with Crippen molar-refractivity contribution in [2.24, 2.45) is 0 Å². The van der Waals surface area contributed by atoms with Gasteiger partial charge < -0.3 is 39.8 Å². The first-order valence-electron chi connectivity index (χ1n) is 12.9. The molecular formula is C22H51O9Si3. The molecule has 0 N–H and O–H groups in total. The summed E-state index contributed by atoms with van der Waals surface area (Å²) < 4.78 is 58.0. The highest BCUT2D eigenvalue weighted by Crippen LogP contribution is 2.60. The van der Waals surface area contributed by atoms with Crippen LogP contribution in [0, 0.1) is 6.92 Å². The quantitative estimate of drug-likeness (QED) is 0.172. The van der Waals surface area contributed by atoms with Crippen molar-refractivity contribution >= 4 is 26.4 Å². The molecule has 0 aromatic carbocycles. The molecule has 0 aliphatic carbocycles. The summed E-state index contributed by atoms with van der Waals surface area (Å²) in [6, 6.07) is 0. The van der Waals surface area contributed by atoms with Crippen molar-refractivity contribution in [3.8, 4) is 0 Å². The van der Waals surface area contributed by atoms with E-state index >= 15 is 0 Å². The Bertz CT molecular complexity index is 398. The molecule has 0 fully saturated rings. The lowest BCUT2D eigenvalue weighted by Crippen LogP contribution is -2.81. The molecule has 0 unspecified atom stereocenters. The van der Waals surface area contributed by atoms with E-state index in [2.05, 4.69) is 6.92 Å². The highest BCUT2D eigenvalue weighted by molar-refractivity contribution is 7.02. The molecular weight excluding hydrogens is 492 g/mol. The topological polar surface area (TPSA) is 83.1 Å². The number of rotatable bonds is 23. The predicted octanol–water partition coefficient (Wildman–Crippen LogP) is 4.56. The normalized spacial score (nSPS) is 13.6. The molecule has 0 rings (SSSR count). The van der Waals surface area contributed by atoms with Gasteiger partial charge in [-0.3, -0.25) is 0 Å². The highest BCUT2D eigenvalue weighted by Gasteiger charge is 2.89. The van der Waals surface area contributed by atoms with Crippen LogP contribution < -0.4 is 0 Å². The van der Waals surface area contributed by atoms with Gasteiger partial charge >= 0.3 is 26.4 Å². The Labute approximate surface area is 212 Å². The van der Waals surface area contributed by atoms with E-state index in [1.807, 2.05) is 62.3 Å². The first-order chi connectivity index (χ1) is 16.4. The van der Waals surface area contributed by atoms with Gasteiger partial charge in [0.1, 0.15) is 0 Å². The van der Waals surface area contributed by atoms with E-state index in [0.717, 1.165) is 0 Å². The minimum absolute atomic E-state index is 0.356. The highest BCUT2D eigenvalue weighted by atomic mass is 28.5. The Morgan fingerprint density at radius 1 is 0.412 bits per heavy atom. The molecule has 0 aromatic heterocycles. The molecule has 9 nitrogen and oxygen atoms in total. The van der Waals surface area contributed by atoms with Crippen LogP contribution in [-0.4, -0.2) is 85.9 Å². The molecule has 0 atom stereocenters. The Morgan fingerprint density at radius 2 is 0.588 bits per heavy atom. The fraction of sp³-hybridized carbons (Fsp3) is 0.955. The fourth-order valence-corrected chi connectivity index (χ4v) is 20.7. The van der Waals surface area contributed by atoms with Crippen LogP contribution in [-0.2, 0) is 39.8 Å². The van der Waals surface area contributed by atoms with E-state index in [0.29, 0.717) is 72.3 Å². The van der Waals surface area contributed by atoms with Crippen LogP contribution in [0.15, 0.2) is 0 Å². The summed E-state index contributed by atoms with van der Waals surface area (Å²) in [6.07, 6.45) is 0.906. The zero-order valence-electron chi connectivity index (χ0n) is 23.2. The lowest BCUT2D eigenvalue weighted by Gasteiger charge is -2.55. The SMILES string of the molecule is [CH2]CCC([Si](OCC)(OCC)OCC)([Si](OCC)(OCC)OCC)[Si](OCC)(OCC)OCC. The third-order valence-corrected chi connectivity index (χ3v) is 20.5. The Hall–Kier alpha value is 0.291. The summed E-state index contributed by atoms with van der Waals surface area (Å²) in [5.41, 5.74) is 0. The van der Waals surface area contributed by atoms with Crippen LogP contribution in [0.3, 0.4) is 0 Å². The fourth-order valence-electron chi connectivity index (χ4n) is 4.48. The monoisotopic (exact) mass is 543 g/mol. The molecule has 205 valence electrons. The zero-order valence-corrected chi connectivity index (χ0v) is 26.2. The molecule has 0 bridgehead atoms. The van der Waals surface area contributed by atoms with Crippen molar-refractivity contribution in [3.05, 3.63) is 6.92 Å². The second-order valence-corrected chi connectivity index (χ2v) is 17.1. The summed E-state index contributed by atoms with van der Waals surface area (Å²) >= 11 is 0. The van der Waals surface area contributed by atoms with Gasteiger partial charge in [-0.2, -0.15) is 0 Å². The third-order valence-electron chi connectivity index (χ3n) is 5.13. The van der Waals surface area contributed by atoms with Crippen molar-refractivity contribution < 1.29 is 39.8 Å². The lowest BCUT2D eigenvalue weighted by atomic mass is 10.4. The molecule has 1 radical (unpaired) electrons. The van der Waals surface area contributed by atoms with Crippen LogP contribution in [0.2, 0.25) is 4.28 Å². The van der Waals surface area contributed by atoms with Gasteiger partial charge in [-0.15, -0.1) is 0 Å². The summed E-state index contributed by atoms with van der Waals surface area (Å²) in [4.78, 5) is 0. The van der Waals surface area contributed by atoms with Gasteiger partial charge in [0.05, 0.1) is 0 Å². The second kappa shape index (κ2) is 17.7. The van der Waals surface area contributed by atoms with E-state index < -0.39 is 30.7 Å². The average Bonchev–Trinajstić information content (AvgIpc) is 2.78. The summed E-state index contributed by atoms with van der Waals surface area (Å²) in [5, 5.41) is 0. The molecule has 0 amide bonds. The summed E-state index contributed by atoms with van der Waals surface area (Å²) in [7, 11) is -11.3. The summed E-state index contributed by atoms with van der Waals surface area (Å²) in [5.74, 6) is 0. The molecule has 0 heterocycles. The van der Waals surface area contributed by atoms with Crippen LogP contribution >= 0.6 is 0 Å². The molecule has 0 aliphatic heterocycles. The Kier molecular flexibility index (Phi) is 17.8. The van der Waals surface area contributed by atoms with E-state index in [1.54, 1.807) is 0 Å². The standard InChI is InChI=1S/C22H51O9Si3/c1-11-21-22(32(23-12-2,24-13-3)25-14-4,33(26-15-5,27-16-6)28-17-7)34(29-18-8,30-19-9)31-20-10/h1,11-21H2,2-10H3. The zero-order chi connectivity index (χ0) is 26.1. The van der Waals surface area contributed by atoms with Crippen molar-refractivity contribution in [1.82, 2.24) is 0 Å². The van der Waals surface area contributed by atoms with E-state index in [1.165, 1.54) is 0 Å². The molecule has 0 saturated carbocycles. The molecule has 0 aromatic rings. The van der Waals surface area contributed by atoms with Crippen LogP contribution in [0.4, 0.5) is 0 Å². The minimum atomic E-state index is -3.76. The smallest absolute Gasteiger partial charge is 0.373 e. The van der Waals surface area contributed by atoms with E-state index in [9.17, 15) is 0 Å². The van der Waals surface area contributed by atoms with Gasteiger partial charge in [-0.05, 0) is 68.7 Å². The molecule has 12 heteroatoms. The van der Waals surface area contributed by atoms with Gasteiger partial charge in [0.15, 0.2) is 4.28 Å². The Morgan fingerprint density at radius 3 is 0.706 bits per heavy atom. The van der Waals surface area contributed by atoms with Crippen molar-refractivity contribution in [1.29, 1.82) is 0 Å². The van der Waals surface area contributed by atoms with E-state index in [-0.39, 0.29) is 0 Å². The number of hydrogen-bond donors (Lipinski definition) is 0. The van der Waals surface area contributed by atoms with Crippen LogP contribution in [0.5, 0.6) is 0 Å². The largest absolute Gasteiger partial charge is 0.516 e. The lowest BCUT2D eigenvalue weighted by molar-refractivity contribution is -0.0123.